The summed E-state index contributed by atoms with van der Waals surface area (Å²) in [4.78, 5) is 11.0. The number of carbonyl (C=O) groups is 1. The summed E-state index contributed by atoms with van der Waals surface area (Å²) in [6.07, 6.45) is 3.86. The van der Waals surface area contributed by atoms with Crippen LogP contribution in [0.15, 0.2) is 11.6 Å². The minimum atomic E-state index is 0.203. The molecular formula is C10H17NO. The maximum absolute atomic E-state index is 11.0. The van der Waals surface area contributed by atoms with Gasteiger partial charge in [-0.25, -0.2) is 0 Å². The maximum Gasteiger partial charge on any atom is 0.220 e. The fourth-order valence-corrected chi connectivity index (χ4v) is 1.50. The van der Waals surface area contributed by atoms with Crippen LogP contribution in [-0.2, 0) is 4.79 Å². The van der Waals surface area contributed by atoms with Gasteiger partial charge in [0, 0.05) is 12.5 Å². The van der Waals surface area contributed by atoms with E-state index in [1.807, 2.05) is 0 Å². The van der Waals surface area contributed by atoms with Gasteiger partial charge in [0.1, 0.15) is 0 Å². The molecule has 1 aliphatic heterocycles. The van der Waals surface area contributed by atoms with E-state index < -0.39 is 0 Å². The van der Waals surface area contributed by atoms with Gasteiger partial charge in [-0.15, -0.1) is 0 Å². The molecule has 1 fully saturated rings. The van der Waals surface area contributed by atoms with Crippen molar-refractivity contribution in [2.45, 2.75) is 39.7 Å². The summed E-state index contributed by atoms with van der Waals surface area (Å²) in [5.74, 6) is 0.697. The van der Waals surface area contributed by atoms with Crippen molar-refractivity contribution < 1.29 is 4.79 Å². The number of nitrogens with one attached hydrogen (secondary N) is 1. The lowest BCUT2D eigenvalue weighted by molar-refractivity contribution is -0.119. The third-order valence-electron chi connectivity index (χ3n) is 2.32. The molecule has 2 nitrogen and oxygen atoms in total. The Labute approximate surface area is 74.0 Å². The molecule has 1 saturated heterocycles. The van der Waals surface area contributed by atoms with E-state index in [-0.39, 0.29) is 5.91 Å². The average molecular weight is 167 g/mol. The quantitative estimate of drug-likeness (QED) is 0.625. The van der Waals surface area contributed by atoms with Gasteiger partial charge in [-0.1, -0.05) is 18.6 Å². The first-order valence-electron chi connectivity index (χ1n) is 4.52. The van der Waals surface area contributed by atoms with E-state index in [1.165, 1.54) is 5.57 Å². The number of hydrogen-bond donors (Lipinski definition) is 1. The molecule has 0 bridgehead atoms. The van der Waals surface area contributed by atoms with Crippen LogP contribution in [0, 0.1) is 5.92 Å². The molecule has 68 valence electrons. The van der Waals surface area contributed by atoms with Crippen molar-refractivity contribution in [1.29, 1.82) is 0 Å². The summed E-state index contributed by atoms with van der Waals surface area (Å²) in [5, 5.41) is 2.98. The van der Waals surface area contributed by atoms with Crippen molar-refractivity contribution >= 4 is 5.91 Å². The van der Waals surface area contributed by atoms with E-state index in [4.69, 9.17) is 0 Å². The smallest absolute Gasteiger partial charge is 0.220 e. The number of allylic oxidation sites excluding steroid dienone is 1. The molecule has 0 aromatic carbocycles. The highest BCUT2D eigenvalue weighted by Crippen LogP contribution is 2.18. The SMILES string of the molecule is CC(C)=CCC1NC(=O)CC1C. The molecule has 1 heterocycles. The lowest BCUT2D eigenvalue weighted by atomic mass is 10.00. The molecule has 0 radical (unpaired) electrons. The Kier molecular flexibility index (Phi) is 2.90. The first kappa shape index (κ1) is 9.30. The van der Waals surface area contributed by atoms with E-state index in [2.05, 4.69) is 32.2 Å². The van der Waals surface area contributed by atoms with Crippen molar-refractivity contribution in [3.63, 3.8) is 0 Å². The van der Waals surface area contributed by atoms with Gasteiger partial charge in [0.15, 0.2) is 0 Å². The van der Waals surface area contributed by atoms with Gasteiger partial charge in [-0.2, -0.15) is 0 Å². The van der Waals surface area contributed by atoms with Gasteiger partial charge in [-0.3, -0.25) is 4.79 Å². The van der Waals surface area contributed by atoms with Crippen molar-refractivity contribution in [3.05, 3.63) is 11.6 Å². The van der Waals surface area contributed by atoms with Gasteiger partial charge in [0.2, 0.25) is 5.91 Å². The zero-order chi connectivity index (χ0) is 9.14. The van der Waals surface area contributed by atoms with Crippen LogP contribution in [0.1, 0.15) is 33.6 Å². The van der Waals surface area contributed by atoms with Crippen molar-refractivity contribution in [3.8, 4) is 0 Å². The molecule has 1 aliphatic rings. The van der Waals surface area contributed by atoms with Gasteiger partial charge in [-0.05, 0) is 26.2 Å². The molecule has 0 saturated carbocycles. The molecule has 1 N–H and O–H groups in total. The topological polar surface area (TPSA) is 29.1 Å². The molecular weight excluding hydrogens is 150 g/mol. The largest absolute Gasteiger partial charge is 0.353 e. The average Bonchev–Trinajstić information content (AvgIpc) is 2.26. The summed E-state index contributed by atoms with van der Waals surface area (Å²) in [5.41, 5.74) is 1.32. The Hall–Kier alpha value is -0.790. The molecule has 2 unspecified atom stereocenters. The van der Waals surface area contributed by atoms with Crippen LogP contribution in [0.3, 0.4) is 0 Å². The zero-order valence-electron chi connectivity index (χ0n) is 8.05. The Bertz CT molecular complexity index is 204. The van der Waals surface area contributed by atoms with Crippen molar-refractivity contribution in [2.75, 3.05) is 0 Å². The second-order valence-electron chi connectivity index (χ2n) is 3.87. The Morgan fingerprint density at radius 1 is 1.67 bits per heavy atom. The predicted octanol–water partition coefficient (Wildman–Crippen LogP) is 1.87. The first-order valence-corrected chi connectivity index (χ1v) is 4.52. The van der Waals surface area contributed by atoms with Crippen LogP contribution in [-0.4, -0.2) is 11.9 Å². The highest BCUT2D eigenvalue weighted by molar-refractivity contribution is 5.78. The van der Waals surface area contributed by atoms with Crippen LogP contribution in [0.5, 0.6) is 0 Å². The fourth-order valence-electron chi connectivity index (χ4n) is 1.50. The van der Waals surface area contributed by atoms with Gasteiger partial charge < -0.3 is 5.32 Å². The molecule has 0 aliphatic carbocycles. The molecule has 0 aromatic heterocycles. The summed E-state index contributed by atoms with van der Waals surface area (Å²) >= 11 is 0. The second kappa shape index (κ2) is 3.74. The van der Waals surface area contributed by atoms with Crippen LogP contribution in [0.4, 0.5) is 0 Å². The molecule has 12 heavy (non-hydrogen) atoms. The summed E-state index contributed by atoms with van der Waals surface area (Å²) in [6.45, 7) is 6.30. The van der Waals surface area contributed by atoms with Gasteiger partial charge >= 0.3 is 0 Å². The zero-order valence-corrected chi connectivity index (χ0v) is 8.05. The maximum atomic E-state index is 11.0. The highest BCUT2D eigenvalue weighted by atomic mass is 16.1. The minimum Gasteiger partial charge on any atom is -0.353 e. The summed E-state index contributed by atoms with van der Waals surface area (Å²) in [6, 6.07) is 0.368. The number of rotatable bonds is 2. The third-order valence-corrected chi connectivity index (χ3v) is 2.32. The minimum absolute atomic E-state index is 0.203. The van der Waals surface area contributed by atoms with E-state index in [0.717, 1.165) is 6.42 Å². The van der Waals surface area contributed by atoms with Crippen molar-refractivity contribution in [1.82, 2.24) is 5.32 Å². The van der Waals surface area contributed by atoms with E-state index in [9.17, 15) is 4.79 Å². The predicted molar refractivity (Wildman–Crippen MR) is 49.8 cm³/mol. The number of hydrogen-bond acceptors (Lipinski definition) is 1. The first-order chi connectivity index (χ1) is 5.59. The lowest BCUT2D eigenvalue weighted by Gasteiger charge is -2.12. The van der Waals surface area contributed by atoms with E-state index >= 15 is 0 Å². The Morgan fingerprint density at radius 2 is 2.33 bits per heavy atom. The fraction of sp³-hybridized carbons (Fsp3) is 0.700. The summed E-state index contributed by atoms with van der Waals surface area (Å²) < 4.78 is 0. The molecule has 2 atom stereocenters. The van der Waals surface area contributed by atoms with Crippen LogP contribution in [0.2, 0.25) is 0 Å². The van der Waals surface area contributed by atoms with Gasteiger partial charge in [0.05, 0.1) is 0 Å². The number of amides is 1. The van der Waals surface area contributed by atoms with Crippen LogP contribution >= 0.6 is 0 Å². The van der Waals surface area contributed by atoms with Gasteiger partial charge in [0.25, 0.3) is 0 Å². The van der Waals surface area contributed by atoms with Crippen molar-refractivity contribution in [2.24, 2.45) is 5.92 Å². The summed E-state index contributed by atoms with van der Waals surface area (Å²) in [7, 11) is 0. The number of carbonyl (C=O) groups excluding carboxylic acids is 1. The molecule has 1 amide bonds. The van der Waals surface area contributed by atoms with E-state index in [0.29, 0.717) is 18.4 Å². The molecule has 0 spiro atoms. The van der Waals surface area contributed by atoms with Crippen LogP contribution in [0.25, 0.3) is 0 Å². The Morgan fingerprint density at radius 3 is 2.75 bits per heavy atom. The lowest BCUT2D eigenvalue weighted by Crippen LogP contribution is -2.27. The van der Waals surface area contributed by atoms with Crippen LogP contribution < -0.4 is 5.32 Å². The normalized spacial score (nSPS) is 28.4. The standard InChI is InChI=1S/C10H17NO/c1-7(2)4-5-9-8(3)6-10(12)11-9/h4,8-9H,5-6H2,1-3H3,(H,11,12). The second-order valence-corrected chi connectivity index (χ2v) is 3.87. The molecule has 1 rings (SSSR count). The van der Waals surface area contributed by atoms with E-state index in [1.54, 1.807) is 0 Å². The molecule has 0 aromatic rings. The Balaban J connectivity index is 2.43. The third kappa shape index (κ3) is 2.36. The molecule has 2 heteroatoms. The monoisotopic (exact) mass is 167 g/mol. The highest BCUT2D eigenvalue weighted by Gasteiger charge is 2.27.